The van der Waals surface area contributed by atoms with Crippen molar-refractivity contribution in [3.63, 3.8) is 0 Å². The Labute approximate surface area is 175 Å². The first kappa shape index (κ1) is 20.4. The number of methoxy groups -OCH3 is 1. The number of hydrogen-bond acceptors (Lipinski definition) is 5. The normalized spacial score (nSPS) is 19.1. The molecular weight excluding hydrogens is 433 g/mol. The van der Waals surface area contributed by atoms with E-state index in [2.05, 4.69) is 5.32 Å². The van der Waals surface area contributed by atoms with Gasteiger partial charge in [-0.3, -0.25) is 10.1 Å². The molecule has 0 aliphatic carbocycles. The quantitative estimate of drug-likeness (QED) is 0.646. The first-order valence-corrected chi connectivity index (χ1v) is 10.1. The lowest BCUT2D eigenvalue weighted by Crippen LogP contribution is -2.33. The van der Waals surface area contributed by atoms with Gasteiger partial charge in [0.2, 0.25) is 0 Å². The van der Waals surface area contributed by atoms with Crippen LogP contribution in [-0.2, 0) is 11.4 Å². The van der Waals surface area contributed by atoms with E-state index in [0.717, 1.165) is 11.1 Å². The second kappa shape index (κ2) is 8.80. The number of halogens is 3. The van der Waals surface area contributed by atoms with Gasteiger partial charge in [0.1, 0.15) is 12.6 Å². The molecule has 1 aliphatic heterocycles. The molecule has 0 aromatic heterocycles. The number of carboxylic acid groups (broad SMARTS) is 1. The minimum absolute atomic E-state index is 0.183. The molecule has 1 heterocycles. The molecule has 3 rings (SSSR count). The van der Waals surface area contributed by atoms with Gasteiger partial charge in [-0.25, -0.2) is 0 Å². The lowest BCUT2D eigenvalue weighted by molar-refractivity contribution is -0.138. The van der Waals surface area contributed by atoms with E-state index < -0.39 is 12.0 Å². The van der Waals surface area contributed by atoms with Crippen molar-refractivity contribution < 1.29 is 19.4 Å². The fourth-order valence-electron chi connectivity index (χ4n) is 2.63. The molecule has 0 bridgehead atoms. The van der Waals surface area contributed by atoms with Gasteiger partial charge in [0.15, 0.2) is 11.5 Å². The van der Waals surface area contributed by atoms with E-state index >= 15 is 0 Å². The Bertz CT molecular complexity index is 865. The number of ether oxygens (including phenoxy) is 2. The summed E-state index contributed by atoms with van der Waals surface area (Å²) >= 11 is 20.0. The number of carbonyl (C=O) groups is 1. The molecule has 1 saturated heterocycles. The Hall–Kier alpha value is -1.31. The number of thioether (sulfide) groups is 1. The van der Waals surface area contributed by atoms with Crippen LogP contribution in [0.25, 0.3) is 0 Å². The highest BCUT2D eigenvalue weighted by Gasteiger charge is 2.31. The largest absolute Gasteiger partial charge is 0.493 e. The third-order valence-corrected chi connectivity index (χ3v) is 6.16. The van der Waals surface area contributed by atoms with Crippen molar-refractivity contribution in [1.29, 1.82) is 0 Å². The fraction of sp³-hybridized carbons (Fsp3) is 0.278. The molecule has 2 N–H and O–H groups in total. The summed E-state index contributed by atoms with van der Waals surface area (Å²) in [6.07, 6.45) is 0. The minimum Gasteiger partial charge on any atom is -0.493 e. The molecule has 0 amide bonds. The minimum atomic E-state index is -0.872. The highest BCUT2D eigenvalue weighted by molar-refractivity contribution is 7.99. The van der Waals surface area contributed by atoms with Crippen LogP contribution < -0.4 is 14.8 Å². The van der Waals surface area contributed by atoms with Crippen LogP contribution in [0.3, 0.4) is 0 Å². The molecule has 2 aromatic carbocycles. The van der Waals surface area contributed by atoms with Crippen molar-refractivity contribution in [3.05, 3.63) is 56.5 Å². The van der Waals surface area contributed by atoms with Crippen molar-refractivity contribution in [1.82, 2.24) is 5.32 Å². The van der Waals surface area contributed by atoms with Gasteiger partial charge in [-0.15, -0.1) is 11.8 Å². The van der Waals surface area contributed by atoms with Crippen LogP contribution in [0.2, 0.25) is 15.1 Å². The second-order valence-electron chi connectivity index (χ2n) is 5.83. The zero-order valence-electron chi connectivity index (χ0n) is 14.2. The van der Waals surface area contributed by atoms with Crippen molar-refractivity contribution in [2.45, 2.75) is 18.0 Å². The average Bonchev–Trinajstić information content (AvgIpc) is 3.12. The van der Waals surface area contributed by atoms with E-state index in [0.29, 0.717) is 32.3 Å². The summed E-state index contributed by atoms with van der Waals surface area (Å²) in [5, 5.41) is 13.4. The highest BCUT2D eigenvalue weighted by atomic mass is 35.5. The molecule has 1 aliphatic rings. The van der Waals surface area contributed by atoms with E-state index in [1.807, 2.05) is 0 Å². The summed E-state index contributed by atoms with van der Waals surface area (Å²) in [5.74, 6) is 0.464. The first-order chi connectivity index (χ1) is 12.9. The van der Waals surface area contributed by atoms with Crippen molar-refractivity contribution in [2.75, 3.05) is 12.9 Å². The predicted octanol–water partition coefficient (Wildman–Crippen LogP) is 5.02. The van der Waals surface area contributed by atoms with Gasteiger partial charge in [-0.2, -0.15) is 0 Å². The highest BCUT2D eigenvalue weighted by Crippen LogP contribution is 2.42. The van der Waals surface area contributed by atoms with Crippen LogP contribution in [0, 0.1) is 0 Å². The van der Waals surface area contributed by atoms with Crippen LogP contribution in [0.15, 0.2) is 30.3 Å². The summed E-state index contributed by atoms with van der Waals surface area (Å²) in [4.78, 5) is 11.1. The Morgan fingerprint density at radius 2 is 2.04 bits per heavy atom. The van der Waals surface area contributed by atoms with E-state index in [4.69, 9.17) is 49.4 Å². The Morgan fingerprint density at radius 1 is 1.26 bits per heavy atom. The van der Waals surface area contributed by atoms with Gasteiger partial charge in [0.25, 0.3) is 0 Å². The second-order valence-corrected chi connectivity index (χ2v) is 8.22. The summed E-state index contributed by atoms with van der Waals surface area (Å²) in [6, 6.07) is 8.11. The fourth-order valence-corrected chi connectivity index (χ4v) is 4.58. The number of rotatable bonds is 6. The molecule has 5 nitrogen and oxygen atoms in total. The Morgan fingerprint density at radius 3 is 2.67 bits per heavy atom. The monoisotopic (exact) mass is 447 g/mol. The van der Waals surface area contributed by atoms with Gasteiger partial charge in [-0.05, 0) is 29.8 Å². The molecule has 144 valence electrons. The van der Waals surface area contributed by atoms with Crippen LogP contribution >= 0.6 is 46.6 Å². The Balaban J connectivity index is 1.79. The lowest BCUT2D eigenvalue weighted by Gasteiger charge is -2.17. The number of nitrogens with one attached hydrogen (secondary N) is 1. The van der Waals surface area contributed by atoms with Crippen molar-refractivity contribution >= 4 is 52.5 Å². The third-order valence-electron chi connectivity index (χ3n) is 4.02. The molecule has 0 radical (unpaired) electrons. The smallest absolute Gasteiger partial charge is 0.321 e. The molecule has 0 unspecified atom stereocenters. The zero-order valence-corrected chi connectivity index (χ0v) is 17.3. The number of aliphatic carboxylic acids is 1. The summed E-state index contributed by atoms with van der Waals surface area (Å²) in [5.41, 5.74) is 1.59. The molecular formula is C18H16Cl3NO4S. The topological polar surface area (TPSA) is 67.8 Å². The maximum absolute atomic E-state index is 11.1. The molecule has 0 spiro atoms. The molecule has 2 aromatic rings. The summed E-state index contributed by atoms with van der Waals surface area (Å²) < 4.78 is 11.3. The summed E-state index contributed by atoms with van der Waals surface area (Å²) in [7, 11) is 1.52. The van der Waals surface area contributed by atoms with Crippen LogP contribution in [0.4, 0.5) is 0 Å². The van der Waals surface area contributed by atoms with Gasteiger partial charge in [-0.1, -0.05) is 40.9 Å². The molecule has 9 heteroatoms. The van der Waals surface area contributed by atoms with Crippen molar-refractivity contribution in [2.24, 2.45) is 0 Å². The maximum atomic E-state index is 11.1. The van der Waals surface area contributed by atoms with Crippen LogP contribution in [0.5, 0.6) is 11.5 Å². The van der Waals surface area contributed by atoms with Gasteiger partial charge >= 0.3 is 5.97 Å². The Kier molecular flexibility index (Phi) is 6.65. The van der Waals surface area contributed by atoms with Gasteiger partial charge in [0.05, 0.1) is 17.5 Å². The molecule has 27 heavy (non-hydrogen) atoms. The third kappa shape index (κ3) is 4.76. The standard InChI is InChI=1S/C18H16Cl3NO4S/c1-25-15-5-10(17-22-14(8-27-17)18(23)24)4-13(21)16(15)26-7-9-2-3-11(19)6-12(9)20/h2-6,14,17,22H,7-8H2,1H3,(H,23,24)/t14-,17+/m1/s1. The zero-order chi connectivity index (χ0) is 19.6. The van der Waals surface area contributed by atoms with Crippen LogP contribution in [-0.4, -0.2) is 30.0 Å². The molecule has 0 saturated carbocycles. The molecule has 2 atom stereocenters. The van der Waals surface area contributed by atoms with Crippen molar-refractivity contribution in [3.8, 4) is 11.5 Å². The summed E-state index contributed by atoms with van der Waals surface area (Å²) in [6.45, 7) is 0.197. The lowest BCUT2D eigenvalue weighted by atomic mass is 10.1. The predicted molar refractivity (Wildman–Crippen MR) is 109 cm³/mol. The SMILES string of the molecule is COc1cc([C@H]2N[C@@H](C(=O)O)CS2)cc(Cl)c1OCc1ccc(Cl)cc1Cl. The number of hydrogen-bond donors (Lipinski definition) is 2. The van der Waals surface area contributed by atoms with Crippen LogP contribution in [0.1, 0.15) is 16.5 Å². The van der Waals surface area contributed by atoms with Gasteiger partial charge < -0.3 is 14.6 Å². The molecule has 1 fully saturated rings. The number of benzene rings is 2. The maximum Gasteiger partial charge on any atom is 0.321 e. The first-order valence-electron chi connectivity index (χ1n) is 7.93. The van der Waals surface area contributed by atoms with E-state index in [9.17, 15) is 4.79 Å². The van der Waals surface area contributed by atoms with E-state index in [1.165, 1.54) is 18.9 Å². The van der Waals surface area contributed by atoms with E-state index in [-0.39, 0.29) is 12.0 Å². The van der Waals surface area contributed by atoms with E-state index in [1.54, 1.807) is 30.3 Å². The number of carboxylic acids is 1. The average molecular weight is 449 g/mol. The van der Waals surface area contributed by atoms with Gasteiger partial charge in [0, 0.05) is 21.4 Å².